The molecule has 1 fully saturated rings. The van der Waals surface area contributed by atoms with Crippen LogP contribution in [0.4, 0.5) is 0 Å². The number of hydrogen-bond acceptors (Lipinski definition) is 4. The van der Waals surface area contributed by atoms with Crippen molar-refractivity contribution in [2.75, 3.05) is 5.75 Å². The number of aryl methyl sites for hydroxylation is 3. The molecule has 0 saturated heterocycles. The van der Waals surface area contributed by atoms with Crippen LogP contribution in [0.1, 0.15) is 45.9 Å². The van der Waals surface area contributed by atoms with Crippen LogP contribution in [0.2, 0.25) is 0 Å². The first kappa shape index (κ1) is 18.0. The van der Waals surface area contributed by atoms with Gasteiger partial charge in [-0.2, -0.15) is 0 Å². The highest BCUT2D eigenvalue weighted by atomic mass is 32.2. The molecule has 0 radical (unpaired) electrons. The van der Waals surface area contributed by atoms with Crippen LogP contribution < -0.4 is 5.56 Å². The Kier molecular flexibility index (Phi) is 4.64. The number of hydrogen-bond donors (Lipinski definition) is 0. The van der Waals surface area contributed by atoms with Gasteiger partial charge in [0.15, 0.2) is 10.9 Å². The number of aromatic nitrogens is 2. The molecule has 0 amide bonds. The molecule has 5 heteroatoms. The highest BCUT2D eigenvalue weighted by molar-refractivity contribution is 7.99. The van der Waals surface area contributed by atoms with E-state index in [9.17, 15) is 9.59 Å². The summed E-state index contributed by atoms with van der Waals surface area (Å²) < 4.78 is 1.79. The molecule has 27 heavy (non-hydrogen) atoms. The molecule has 4 nitrogen and oxygen atoms in total. The van der Waals surface area contributed by atoms with E-state index in [-0.39, 0.29) is 23.1 Å². The van der Waals surface area contributed by atoms with E-state index in [1.54, 1.807) is 4.57 Å². The van der Waals surface area contributed by atoms with E-state index in [0.29, 0.717) is 16.1 Å². The minimum atomic E-state index is 0.000691. The van der Waals surface area contributed by atoms with Gasteiger partial charge in [0.25, 0.3) is 5.56 Å². The summed E-state index contributed by atoms with van der Waals surface area (Å²) in [5, 5.41) is 1.29. The Hall–Kier alpha value is -2.40. The predicted molar refractivity (Wildman–Crippen MR) is 110 cm³/mol. The fraction of sp³-hybridized carbons (Fsp3) is 0.318. The SMILES string of the molecule is Cc1cc(C)c(C(=O)CSc2nc3ccccc3c(=O)n2C2CC2)c(C)c1. The summed E-state index contributed by atoms with van der Waals surface area (Å²) >= 11 is 1.37. The summed E-state index contributed by atoms with van der Waals surface area (Å²) in [6.45, 7) is 5.99. The molecule has 0 aliphatic heterocycles. The Morgan fingerprint density at radius 1 is 1.15 bits per heavy atom. The number of fused-ring (bicyclic) bond motifs is 1. The van der Waals surface area contributed by atoms with Crippen molar-refractivity contribution < 1.29 is 4.79 Å². The fourth-order valence-corrected chi connectivity index (χ4v) is 4.64. The van der Waals surface area contributed by atoms with E-state index in [0.717, 1.165) is 35.1 Å². The van der Waals surface area contributed by atoms with Crippen LogP contribution in [0, 0.1) is 20.8 Å². The first-order valence-electron chi connectivity index (χ1n) is 9.21. The topological polar surface area (TPSA) is 52.0 Å². The third-order valence-corrected chi connectivity index (χ3v) is 5.93. The Morgan fingerprint density at radius 2 is 1.81 bits per heavy atom. The number of benzene rings is 2. The molecule has 4 rings (SSSR count). The van der Waals surface area contributed by atoms with E-state index in [1.165, 1.54) is 11.8 Å². The third kappa shape index (κ3) is 3.44. The van der Waals surface area contributed by atoms with Gasteiger partial charge < -0.3 is 0 Å². The zero-order chi connectivity index (χ0) is 19.1. The molecule has 0 unspecified atom stereocenters. The minimum absolute atomic E-state index is 0.000691. The Bertz CT molecular complexity index is 1090. The Balaban J connectivity index is 1.67. The predicted octanol–water partition coefficient (Wildman–Crippen LogP) is 4.63. The van der Waals surface area contributed by atoms with Gasteiger partial charge in [-0.1, -0.05) is 41.6 Å². The number of para-hydroxylation sites is 1. The second-order valence-corrected chi connectivity index (χ2v) is 8.25. The van der Waals surface area contributed by atoms with Crippen molar-refractivity contribution in [2.45, 2.75) is 44.8 Å². The van der Waals surface area contributed by atoms with Gasteiger partial charge in [-0.15, -0.1) is 0 Å². The number of rotatable bonds is 5. The molecule has 1 aliphatic rings. The number of carbonyl (C=O) groups is 1. The Labute approximate surface area is 162 Å². The van der Waals surface area contributed by atoms with Crippen molar-refractivity contribution in [3.05, 3.63) is 69.0 Å². The standard InChI is InChI=1S/C22H22N2O2S/c1-13-10-14(2)20(15(3)11-13)19(25)12-27-22-23-18-7-5-4-6-17(18)21(26)24(22)16-8-9-16/h4-7,10-11,16H,8-9,12H2,1-3H3. The van der Waals surface area contributed by atoms with Crippen molar-refractivity contribution in [3.8, 4) is 0 Å². The maximum absolute atomic E-state index is 12.9. The zero-order valence-corrected chi connectivity index (χ0v) is 16.6. The van der Waals surface area contributed by atoms with Crippen molar-refractivity contribution >= 4 is 28.4 Å². The maximum Gasteiger partial charge on any atom is 0.262 e. The second-order valence-electron chi connectivity index (χ2n) is 7.30. The van der Waals surface area contributed by atoms with Crippen LogP contribution >= 0.6 is 11.8 Å². The lowest BCUT2D eigenvalue weighted by Crippen LogP contribution is -2.23. The van der Waals surface area contributed by atoms with Gasteiger partial charge in [0.2, 0.25) is 0 Å². The summed E-state index contributed by atoms with van der Waals surface area (Å²) in [7, 11) is 0. The molecule has 0 spiro atoms. The van der Waals surface area contributed by atoms with E-state index >= 15 is 0 Å². The van der Waals surface area contributed by atoms with E-state index in [4.69, 9.17) is 4.98 Å². The van der Waals surface area contributed by atoms with Gasteiger partial charge >= 0.3 is 0 Å². The largest absolute Gasteiger partial charge is 0.293 e. The molecule has 2 aromatic carbocycles. The first-order valence-corrected chi connectivity index (χ1v) is 10.2. The molecule has 1 heterocycles. The molecule has 138 valence electrons. The lowest BCUT2D eigenvalue weighted by molar-refractivity contribution is 0.102. The molecule has 1 aliphatic carbocycles. The molecular formula is C22H22N2O2S. The molecule has 3 aromatic rings. The first-order chi connectivity index (χ1) is 13.0. The number of thioether (sulfide) groups is 1. The summed E-state index contributed by atoms with van der Waals surface area (Å²) in [4.78, 5) is 30.5. The van der Waals surface area contributed by atoms with Crippen LogP contribution in [0.15, 0.2) is 46.3 Å². The quantitative estimate of drug-likeness (QED) is 0.369. The van der Waals surface area contributed by atoms with Crippen LogP contribution in [0.3, 0.4) is 0 Å². The van der Waals surface area contributed by atoms with Crippen molar-refractivity contribution in [1.82, 2.24) is 9.55 Å². The summed E-state index contributed by atoms with van der Waals surface area (Å²) in [6, 6.07) is 11.7. The van der Waals surface area contributed by atoms with Crippen molar-refractivity contribution in [2.24, 2.45) is 0 Å². The highest BCUT2D eigenvalue weighted by Crippen LogP contribution is 2.37. The summed E-state index contributed by atoms with van der Waals surface area (Å²) in [5.41, 5.74) is 4.65. The summed E-state index contributed by atoms with van der Waals surface area (Å²) in [6.07, 6.45) is 2.00. The third-order valence-electron chi connectivity index (χ3n) is 4.98. The van der Waals surface area contributed by atoms with Crippen LogP contribution in [0.25, 0.3) is 10.9 Å². The van der Waals surface area contributed by atoms with Crippen molar-refractivity contribution in [3.63, 3.8) is 0 Å². The molecule has 0 bridgehead atoms. The van der Waals surface area contributed by atoms with Crippen LogP contribution in [-0.2, 0) is 0 Å². The van der Waals surface area contributed by atoms with Crippen LogP contribution in [-0.4, -0.2) is 21.1 Å². The van der Waals surface area contributed by atoms with Gasteiger partial charge in [-0.05, 0) is 56.9 Å². The van der Waals surface area contributed by atoms with Crippen LogP contribution in [0.5, 0.6) is 0 Å². The maximum atomic E-state index is 12.9. The number of Topliss-reactive ketones (excluding diaryl/α,β-unsaturated/α-hetero) is 1. The molecule has 0 atom stereocenters. The van der Waals surface area contributed by atoms with E-state index < -0.39 is 0 Å². The lowest BCUT2D eigenvalue weighted by atomic mass is 9.97. The number of ketones is 1. The average molecular weight is 378 g/mol. The van der Waals surface area contributed by atoms with Gasteiger partial charge in [-0.3, -0.25) is 14.2 Å². The van der Waals surface area contributed by atoms with E-state index in [2.05, 4.69) is 0 Å². The monoisotopic (exact) mass is 378 g/mol. The van der Waals surface area contributed by atoms with Gasteiger partial charge in [-0.25, -0.2) is 4.98 Å². The smallest absolute Gasteiger partial charge is 0.262 e. The number of nitrogens with zero attached hydrogens (tertiary/aromatic N) is 2. The highest BCUT2D eigenvalue weighted by Gasteiger charge is 2.29. The lowest BCUT2D eigenvalue weighted by Gasteiger charge is -2.13. The van der Waals surface area contributed by atoms with Gasteiger partial charge in [0.1, 0.15) is 0 Å². The number of carbonyl (C=O) groups excluding carboxylic acids is 1. The minimum Gasteiger partial charge on any atom is -0.293 e. The van der Waals surface area contributed by atoms with Crippen molar-refractivity contribution in [1.29, 1.82) is 0 Å². The van der Waals surface area contributed by atoms with Gasteiger partial charge in [0, 0.05) is 11.6 Å². The summed E-state index contributed by atoms with van der Waals surface area (Å²) in [5.74, 6) is 0.363. The average Bonchev–Trinajstić information content (AvgIpc) is 3.44. The molecule has 1 aromatic heterocycles. The second kappa shape index (κ2) is 6.97. The van der Waals surface area contributed by atoms with E-state index in [1.807, 2.05) is 57.2 Å². The Morgan fingerprint density at radius 3 is 2.48 bits per heavy atom. The molecule has 0 N–H and O–H groups in total. The van der Waals surface area contributed by atoms with Gasteiger partial charge in [0.05, 0.1) is 16.7 Å². The zero-order valence-electron chi connectivity index (χ0n) is 15.8. The normalized spacial score (nSPS) is 13.9. The fourth-order valence-electron chi connectivity index (χ4n) is 3.70. The molecule has 1 saturated carbocycles. The molecular weight excluding hydrogens is 356 g/mol.